The molecule has 0 aliphatic rings. The number of thioether (sulfide) groups is 1. The third-order valence-electron chi connectivity index (χ3n) is 4.47. The predicted molar refractivity (Wildman–Crippen MR) is 124 cm³/mol. The van der Waals surface area contributed by atoms with Crippen molar-refractivity contribution in [2.24, 2.45) is 10.9 Å². The Labute approximate surface area is 180 Å². The summed E-state index contributed by atoms with van der Waals surface area (Å²) in [6, 6.07) is 10.6. The first-order chi connectivity index (χ1) is 14.1. The summed E-state index contributed by atoms with van der Waals surface area (Å²) in [7, 11) is 0. The zero-order chi connectivity index (χ0) is 20.9. The molecule has 0 radical (unpaired) electrons. The van der Waals surface area contributed by atoms with Gasteiger partial charge in [-0.15, -0.1) is 10.2 Å². The van der Waals surface area contributed by atoms with Crippen molar-refractivity contribution in [3.63, 3.8) is 0 Å². The molecular weight excluding hydrogens is 380 g/mol. The van der Waals surface area contributed by atoms with Crippen LogP contribution in [-0.4, -0.2) is 46.6 Å². The Kier molecular flexibility index (Phi) is 10.6. The fourth-order valence-corrected chi connectivity index (χ4v) is 3.64. The summed E-state index contributed by atoms with van der Waals surface area (Å²) in [5.41, 5.74) is 1.37. The van der Waals surface area contributed by atoms with Crippen LogP contribution in [0.4, 0.5) is 0 Å². The van der Waals surface area contributed by atoms with E-state index in [4.69, 9.17) is 4.99 Å². The Hall–Kier alpha value is -2.02. The lowest BCUT2D eigenvalue weighted by atomic mass is 10.1. The number of nitrogens with one attached hydrogen (secondary N) is 2. The lowest BCUT2D eigenvalue weighted by Gasteiger charge is -2.13. The topological polar surface area (TPSA) is 67.1 Å². The van der Waals surface area contributed by atoms with Gasteiger partial charge in [0.15, 0.2) is 11.1 Å². The van der Waals surface area contributed by atoms with E-state index in [1.54, 1.807) is 11.8 Å². The average Bonchev–Trinajstić information content (AvgIpc) is 3.10. The van der Waals surface area contributed by atoms with E-state index in [0.717, 1.165) is 68.8 Å². The van der Waals surface area contributed by atoms with E-state index in [2.05, 4.69) is 82.8 Å². The molecule has 7 heteroatoms. The van der Waals surface area contributed by atoms with Gasteiger partial charge in [0.2, 0.25) is 0 Å². The maximum atomic E-state index is 4.71. The van der Waals surface area contributed by atoms with Gasteiger partial charge in [0.1, 0.15) is 5.82 Å². The second-order valence-corrected chi connectivity index (χ2v) is 8.26. The molecule has 0 spiro atoms. The molecule has 1 heterocycles. The molecule has 2 aromatic rings. The molecule has 0 unspecified atom stereocenters. The standard InChI is InChI=1S/C22H36N6S/c1-5-23-21(24-15-9-13-19-11-7-6-8-12-19)25-16-10-14-20-26-27-22(29-4)28(20)17-18(2)3/h6-8,11-12,18H,5,9-10,13-17H2,1-4H3,(H2,23,24,25). The zero-order valence-corrected chi connectivity index (χ0v) is 19.1. The first kappa shape index (κ1) is 23.3. The first-order valence-electron chi connectivity index (χ1n) is 10.7. The van der Waals surface area contributed by atoms with Crippen LogP contribution in [0, 0.1) is 5.92 Å². The van der Waals surface area contributed by atoms with Crippen LogP contribution >= 0.6 is 11.8 Å². The molecular formula is C22H36N6S. The van der Waals surface area contributed by atoms with Crippen molar-refractivity contribution >= 4 is 17.7 Å². The van der Waals surface area contributed by atoms with Crippen molar-refractivity contribution < 1.29 is 0 Å². The van der Waals surface area contributed by atoms with Gasteiger partial charge in [0.05, 0.1) is 0 Å². The van der Waals surface area contributed by atoms with Crippen molar-refractivity contribution in [1.29, 1.82) is 0 Å². The summed E-state index contributed by atoms with van der Waals surface area (Å²) in [6.07, 6.45) is 6.09. The lowest BCUT2D eigenvalue weighted by Crippen LogP contribution is -2.38. The van der Waals surface area contributed by atoms with E-state index < -0.39 is 0 Å². The summed E-state index contributed by atoms with van der Waals surface area (Å²) in [6.45, 7) is 10.1. The van der Waals surface area contributed by atoms with Gasteiger partial charge >= 0.3 is 0 Å². The number of guanidine groups is 1. The molecule has 6 nitrogen and oxygen atoms in total. The third kappa shape index (κ3) is 8.48. The van der Waals surface area contributed by atoms with E-state index in [0.29, 0.717) is 5.92 Å². The van der Waals surface area contributed by atoms with Crippen molar-refractivity contribution in [1.82, 2.24) is 25.4 Å². The van der Waals surface area contributed by atoms with Gasteiger partial charge in [-0.1, -0.05) is 55.9 Å². The number of aryl methyl sites for hydroxylation is 2. The van der Waals surface area contributed by atoms with E-state index in [-0.39, 0.29) is 0 Å². The third-order valence-corrected chi connectivity index (χ3v) is 5.14. The molecule has 29 heavy (non-hydrogen) atoms. The Bertz CT molecular complexity index is 726. The highest BCUT2D eigenvalue weighted by Crippen LogP contribution is 2.16. The minimum atomic E-state index is 0.581. The molecule has 0 aliphatic carbocycles. The number of aliphatic imine (C=N–C) groups is 1. The van der Waals surface area contributed by atoms with E-state index in [9.17, 15) is 0 Å². The minimum absolute atomic E-state index is 0.581. The smallest absolute Gasteiger partial charge is 0.191 e. The molecule has 0 amide bonds. The van der Waals surface area contributed by atoms with Crippen LogP contribution in [-0.2, 0) is 19.4 Å². The van der Waals surface area contributed by atoms with Gasteiger partial charge in [0, 0.05) is 32.6 Å². The van der Waals surface area contributed by atoms with Gasteiger partial charge in [0.25, 0.3) is 0 Å². The van der Waals surface area contributed by atoms with Crippen LogP contribution in [0.5, 0.6) is 0 Å². The van der Waals surface area contributed by atoms with Crippen LogP contribution < -0.4 is 10.6 Å². The number of benzene rings is 1. The Morgan fingerprint density at radius 2 is 1.90 bits per heavy atom. The van der Waals surface area contributed by atoms with E-state index in [1.807, 2.05) is 0 Å². The zero-order valence-electron chi connectivity index (χ0n) is 18.3. The summed E-state index contributed by atoms with van der Waals surface area (Å²) in [5, 5.41) is 16.5. The molecule has 0 saturated carbocycles. The van der Waals surface area contributed by atoms with Gasteiger partial charge in [-0.05, 0) is 43.9 Å². The highest BCUT2D eigenvalue weighted by atomic mass is 32.2. The van der Waals surface area contributed by atoms with E-state index >= 15 is 0 Å². The number of nitrogens with zero attached hydrogens (tertiary/aromatic N) is 4. The van der Waals surface area contributed by atoms with Gasteiger partial charge in [-0.2, -0.15) is 0 Å². The maximum absolute atomic E-state index is 4.71. The molecule has 0 saturated heterocycles. The number of hydrogen-bond acceptors (Lipinski definition) is 4. The first-order valence-corrected chi connectivity index (χ1v) is 11.9. The molecule has 0 atom stereocenters. The molecule has 2 rings (SSSR count). The average molecular weight is 417 g/mol. The second-order valence-electron chi connectivity index (χ2n) is 7.49. The van der Waals surface area contributed by atoms with Crippen molar-refractivity contribution in [2.75, 3.05) is 25.9 Å². The molecule has 2 N–H and O–H groups in total. The summed E-state index contributed by atoms with van der Waals surface area (Å²) in [4.78, 5) is 4.71. The highest BCUT2D eigenvalue weighted by Gasteiger charge is 2.12. The molecule has 1 aromatic carbocycles. The summed E-state index contributed by atoms with van der Waals surface area (Å²) < 4.78 is 2.26. The molecule has 0 fully saturated rings. The molecule has 160 valence electrons. The van der Waals surface area contributed by atoms with Crippen molar-refractivity contribution in [3.8, 4) is 0 Å². The molecule has 0 bridgehead atoms. The van der Waals surface area contributed by atoms with Crippen LogP contribution in [0.25, 0.3) is 0 Å². The highest BCUT2D eigenvalue weighted by molar-refractivity contribution is 7.98. The molecule has 0 aliphatic heterocycles. The fraction of sp³-hybridized carbons (Fsp3) is 0.591. The predicted octanol–water partition coefficient (Wildman–Crippen LogP) is 3.78. The van der Waals surface area contributed by atoms with Crippen LogP contribution in [0.3, 0.4) is 0 Å². The largest absolute Gasteiger partial charge is 0.357 e. The second kappa shape index (κ2) is 13.2. The number of rotatable bonds is 12. The Morgan fingerprint density at radius 3 is 2.59 bits per heavy atom. The summed E-state index contributed by atoms with van der Waals surface area (Å²) >= 11 is 1.66. The fourth-order valence-electron chi connectivity index (χ4n) is 3.12. The van der Waals surface area contributed by atoms with Gasteiger partial charge < -0.3 is 15.2 Å². The minimum Gasteiger partial charge on any atom is -0.357 e. The van der Waals surface area contributed by atoms with Crippen molar-refractivity contribution in [3.05, 3.63) is 41.7 Å². The van der Waals surface area contributed by atoms with Crippen LogP contribution in [0.15, 0.2) is 40.5 Å². The van der Waals surface area contributed by atoms with Crippen LogP contribution in [0.1, 0.15) is 45.0 Å². The SMILES string of the molecule is CCNC(=NCCCc1ccccc1)NCCCc1nnc(SC)n1CC(C)C. The normalized spacial score (nSPS) is 11.8. The van der Waals surface area contributed by atoms with E-state index in [1.165, 1.54) is 5.56 Å². The molecule has 1 aromatic heterocycles. The van der Waals surface area contributed by atoms with Gasteiger partial charge in [-0.3, -0.25) is 4.99 Å². The Morgan fingerprint density at radius 1 is 1.10 bits per heavy atom. The lowest BCUT2D eigenvalue weighted by molar-refractivity contribution is 0.477. The monoisotopic (exact) mass is 416 g/mol. The number of hydrogen-bond donors (Lipinski definition) is 2. The quantitative estimate of drug-likeness (QED) is 0.239. The van der Waals surface area contributed by atoms with Crippen molar-refractivity contribution in [2.45, 2.75) is 58.2 Å². The maximum Gasteiger partial charge on any atom is 0.191 e. The summed E-state index contributed by atoms with van der Waals surface area (Å²) in [5.74, 6) is 2.56. The Balaban J connectivity index is 1.76. The number of aromatic nitrogens is 3. The van der Waals surface area contributed by atoms with Crippen LogP contribution in [0.2, 0.25) is 0 Å². The van der Waals surface area contributed by atoms with Gasteiger partial charge in [-0.25, -0.2) is 0 Å².